The van der Waals surface area contributed by atoms with E-state index in [1.165, 1.54) is 12.1 Å². The average molecular weight is 400 g/mol. The van der Waals surface area contributed by atoms with Gasteiger partial charge in [0.05, 0.1) is 10.9 Å². The summed E-state index contributed by atoms with van der Waals surface area (Å²) in [6, 6.07) is 15.2. The van der Waals surface area contributed by atoms with Crippen molar-refractivity contribution in [1.82, 2.24) is 15.5 Å². The molecule has 0 saturated carbocycles. The lowest BCUT2D eigenvalue weighted by atomic mass is 10.1. The smallest absolute Gasteiger partial charge is 0.238 e. The summed E-state index contributed by atoms with van der Waals surface area (Å²) >= 11 is 0. The van der Waals surface area contributed by atoms with Crippen molar-refractivity contribution < 1.29 is 17.7 Å². The topological polar surface area (TPSA) is 128 Å². The Bertz CT molecular complexity index is 1050. The lowest BCUT2D eigenvalue weighted by Crippen LogP contribution is -2.26. The van der Waals surface area contributed by atoms with Crippen molar-refractivity contribution in [3.05, 3.63) is 66.1 Å². The van der Waals surface area contributed by atoms with Crippen molar-refractivity contribution in [3.8, 4) is 11.4 Å². The number of primary sulfonamides is 1. The molecule has 0 bridgehead atoms. The number of carbonyl (C=O) groups is 1. The van der Waals surface area contributed by atoms with E-state index < -0.39 is 10.0 Å². The number of amides is 1. The van der Waals surface area contributed by atoms with Crippen LogP contribution in [0.5, 0.6) is 0 Å². The van der Waals surface area contributed by atoms with Crippen LogP contribution in [0, 0.1) is 0 Å². The van der Waals surface area contributed by atoms with Gasteiger partial charge in [0, 0.05) is 18.4 Å². The number of hydrogen-bond acceptors (Lipinski definition) is 6. The molecule has 0 aliphatic heterocycles. The van der Waals surface area contributed by atoms with Crippen LogP contribution in [0.3, 0.4) is 0 Å². The molecule has 0 aliphatic rings. The quantitative estimate of drug-likeness (QED) is 0.626. The lowest BCUT2D eigenvalue weighted by molar-refractivity contribution is -0.121. The van der Waals surface area contributed by atoms with Gasteiger partial charge in [0.1, 0.15) is 0 Å². The highest BCUT2D eigenvalue weighted by Gasteiger charge is 2.14. The van der Waals surface area contributed by atoms with Crippen molar-refractivity contribution in [2.75, 3.05) is 0 Å². The Labute approximate surface area is 162 Å². The summed E-state index contributed by atoms with van der Waals surface area (Å²) in [7, 11) is -3.74. The van der Waals surface area contributed by atoms with Gasteiger partial charge in [-0.2, -0.15) is 4.98 Å². The van der Waals surface area contributed by atoms with Crippen molar-refractivity contribution in [2.24, 2.45) is 5.14 Å². The number of nitrogens with two attached hydrogens (primary N) is 1. The van der Waals surface area contributed by atoms with Crippen LogP contribution in [0.4, 0.5) is 0 Å². The molecule has 8 nitrogen and oxygen atoms in total. The zero-order chi connectivity index (χ0) is 20.1. The van der Waals surface area contributed by atoms with Gasteiger partial charge in [-0.05, 0) is 24.6 Å². The molecule has 3 rings (SSSR count). The first-order chi connectivity index (χ1) is 13.3. The largest absolute Gasteiger partial charge is 0.350 e. The molecule has 3 aromatic rings. The highest BCUT2D eigenvalue weighted by molar-refractivity contribution is 7.89. The van der Waals surface area contributed by atoms with Gasteiger partial charge in [0.25, 0.3) is 0 Å². The second kappa shape index (κ2) is 8.32. The lowest BCUT2D eigenvalue weighted by Gasteiger charge is -2.14. The summed E-state index contributed by atoms with van der Waals surface area (Å²) in [4.78, 5) is 16.5. The van der Waals surface area contributed by atoms with E-state index in [1.807, 2.05) is 37.3 Å². The van der Waals surface area contributed by atoms with Gasteiger partial charge in [0.15, 0.2) is 0 Å². The van der Waals surface area contributed by atoms with Gasteiger partial charge in [-0.1, -0.05) is 47.6 Å². The molecule has 146 valence electrons. The summed E-state index contributed by atoms with van der Waals surface area (Å²) in [5, 5.41) is 11.9. The van der Waals surface area contributed by atoms with Crippen LogP contribution in [-0.2, 0) is 21.2 Å². The summed E-state index contributed by atoms with van der Waals surface area (Å²) in [5.74, 6) is 0.695. The molecule has 0 radical (unpaired) electrons. The van der Waals surface area contributed by atoms with Crippen LogP contribution in [0.25, 0.3) is 11.4 Å². The summed E-state index contributed by atoms with van der Waals surface area (Å²) in [6.07, 6.45) is 0.513. The van der Waals surface area contributed by atoms with E-state index in [1.54, 1.807) is 12.1 Å². The van der Waals surface area contributed by atoms with E-state index in [2.05, 4.69) is 15.5 Å². The standard InChI is InChI=1S/C19H20N4O4S/c1-13(14-7-9-16(10-8-14)28(20,25)26)21-17(24)11-12-18-22-19(23-27-18)15-5-3-2-4-6-15/h2-10,13H,11-12H2,1H3,(H,21,24)(H2,20,25,26)/t13-/m0/s1. The fourth-order valence-corrected chi connectivity index (χ4v) is 3.14. The fourth-order valence-electron chi connectivity index (χ4n) is 2.62. The number of aryl methyl sites for hydroxylation is 1. The molecule has 1 heterocycles. The maximum atomic E-state index is 12.2. The maximum Gasteiger partial charge on any atom is 0.238 e. The Kier molecular flexibility index (Phi) is 5.86. The number of sulfonamides is 1. The highest BCUT2D eigenvalue weighted by Crippen LogP contribution is 2.17. The van der Waals surface area contributed by atoms with Crippen LogP contribution in [0.15, 0.2) is 64.0 Å². The average Bonchev–Trinajstić information content (AvgIpc) is 3.15. The van der Waals surface area contributed by atoms with Gasteiger partial charge < -0.3 is 9.84 Å². The predicted molar refractivity (Wildman–Crippen MR) is 102 cm³/mol. The van der Waals surface area contributed by atoms with E-state index in [4.69, 9.17) is 9.66 Å². The first-order valence-corrected chi connectivity index (χ1v) is 10.2. The third-order valence-corrected chi connectivity index (χ3v) is 5.08. The minimum Gasteiger partial charge on any atom is -0.350 e. The molecule has 1 aromatic heterocycles. The predicted octanol–water partition coefficient (Wildman–Crippen LogP) is 2.19. The van der Waals surface area contributed by atoms with Crippen LogP contribution in [-0.4, -0.2) is 24.5 Å². The molecule has 0 fully saturated rings. The van der Waals surface area contributed by atoms with Gasteiger partial charge in [0.2, 0.25) is 27.6 Å². The highest BCUT2D eigenvalue weighted by atomic mass is 32.2. The molecule has 28 heavy (non-hydrogen) atoms. The Morgan fingerprint density at radius 2 is 1.82 bits per heavy atom. The SMILES string of the molecule is C[C@H](NC(=O)CCc1nc(-c2ccccc2)no1)c1ccc(S(N)(=O)=O)cc1. The number of aromatic nitrogens is 2. The Balaban J connectivity index is 1.54. The Morgan fingerprint density at radius 3 is 2.46 bits per heavy atom. The molecule has 1 atom stereocenters. The van der Waals surface area contributed by atoms with Gasteiger partial charge in [-0.3, -0.25) is 4.79 Å². The van der Waals surface area contributed by atoms with Crippen LogP contribution < -0.4 is 10.5 Å². The van der Waals surface area contributed by atoms with Gasteiger partial charge >= 0.3 is 0 Å². The minimum absolute atomic E-state index is 0.0281. The number of nitrogens with zero attached hydrogens (tertiary/aromatic N) is 2. The molecule has 0 aliphatic carbocycles. The van der Waals surface area contributed by atoms with E-state index in [0.29, 0.717) is 18.1 Å². The first-order valence-electron chi connectivity index (χ1n) is 8.63. The van der Waals surface area contributed by atoms with Gasteiger partial charge in [-0.15, -0.1) is 0 Å². The van der Waals surface area contributed by atoms with Crippen LogP contribution in [0.1, 0.15) is 30.8 Å². The number of nitrogens with one attached hydrogen (secondary N) is 1. The van der Waals surface area contributed by atoms with E-state index in [0.717, 1.165) is 11.1 Å². The second-order valence-electron chi connectivity index (χ2n) is 6.28. The fraction of sp³-hybridized carbons (Fsp3) is 0.211. The van der Waals surface area contributed by atoms with E-state index in [9.17, 15) is 13.2 Å². The van der Waals surface area contributed by atoms with Crippen LogP contribution in [0.2, 0.25) is 0 Å². The minimum atomic E-state index is -3.74. The molecule has 2 aromatic carbocycles. The maximum absolute atomic E-state index is 12.2. The Morgan fingerprint density at radius 1 is 1.14 bits per heavy atom. The zero-order valence-corrected chi connectivity index (χ0v) is 16.0. The summed E-state index contributed by atoms with van der Waals surface area (Å²) < 4.78 is 27.8. The normalized spacial score (nSPS) is 12.5. The molecule has 3 N–H and O–H groups in total. The van der Waals surface area contributed by atoms with Gasteiger partial charge in [-0.25, -0.2) is 13.6 Å². The third kappa shape index (κ3) is 5.02. The van der Waals surface area contributed by atoms with Crippen molar-refractivity contribution in [3.63, 3.8) is 0 Å². The van der Waals surface area contributed by atoms with E-state index >= 15 is 0 Å². The number of benzene rings is 2. The van der Waals surface area contributed by atoms with Crippen molar-refractivity contribution in [2.45, 2.75) is 30.7 Å². The molecular formula is C19H20N4O4S. The second-order valence-corrected chi connectivity index (χ2v) is 7.84. The molecule has 9 heteroatoms. The summed E-state index contributed by atoms with van der Waals surface area (Å²) in [5.41, 5.74) is 1.61. The monoisotopic (exact) mass is 400 g/mol. The van der Waals surface area contributed by atoms with Crippen molar-refractivity contribution in [1.29, 1.82) is 0 Å². The zero-order valence-electron chi connectivity index (χ0n) is 15.2. The third-order valence-electron chi connectivity index (χ3n) is 4.15. The number of rotatable bonds is 7. The first kappa shape index (κ1) is 19.7. The Hall–Kier alpha value is -3.04. The van der Waals surface area contributed by atoms with Crippen molar-refractivity contribution >= 4 is 15.9 Å². The van der Waals surface area contributed by atoms with Crippen LogP contribution >= 0.6 is 0 Å². The molecular weight excluding hydrogens is 380 g/mol. The number of hydrogen-bond donors (Lipinski definition) is 2. The number of carbonyl (C=O) groups excluding carboxylic acids is 1. The molecule has 1 amide bonds. The van der Waals surface area contributed by atoms with E-state index in [-0.39, 0.29) is 23.3 Å². The molecule has 0 unspecified atom stereocenters. The molecule has 0 spiro atoms. The summed E-state index contributed by atoms with van der Waals surface area (Å²) in [6.45, 7) is 1.81. The molecule has 0 saturated heterocycles.